The Morgan fingerprint density at radius 3 is 1.79 bits per heavy atom. The summed E-state index contributed by atoms with van der Waals surface area (Å²) < 4.78 is 0. The third kappa shape index (κ3) is 2.14. The van der Waals surface area contributed by atoms with Gasteiger partial charge in [0, 0.05) is 16.5 Å². The van der Waals surface area contributed by atoms with Crippen LogP contribution in [-0.2, 0) is 0 Å². The predicted molar refractivity (Wildman–Crippen MR) is 120 cm³/mol. The van der Waals surface area contributed by atoms with Gasteiger partial charge in [0.25, 0.3) is 0 Å². The van der Waals surface area contributed by atoms with Crippen molar-refractivity contribution in [2.75, 3.05) is 0 Å². The molecule has 0 bridgehead atoms. The molecule has 0 heterocycles. The van der Waals surface area contributed by atoms with Crippen molar-refractivity contribution < 1.29 is 0 Å². The van der Waals surface area contributed by atoms with Crippen molar-refractivity contribution in [2.24, 2.45) is 0 Å². The lowest BCUT2D eigenvalue weighted by Crippen LogP contribution is -1.89. The molecule has 0 radical (unpaired) electrons. The van der Waals surface area contributed by atoms with Crippen LogP contribution in [0.4, 0.5) is 0 Å². The van der Waals surface area contributed by atoms with E-state index in [1.54, 1.807) is 0 Å². The molecule has 0 N–H and O–H groups in total. The maximum atomic E-state index is 3.46. The fourth-order valence-electron chi connectivity index (χ4n) is 4.42. The summed E-state index contributed by atoms with van der Waals surface area (Å²) in [5.41, 5.74) is 2.13. The zero-order valence-electron chi connectivity index (χ0n) is 15.2. The van der Waals surface area contributed by atoms with Crippen molar-refractivity contribution in [1.82, 2.24) is 0 Å². The van der Waals surface area contributed by atoms with Crippen molar-refractivity contribution >= 4 is 43.1 Å². The van der Waals surface area contributed by atoms with Gasteiger partial charge in [0.05, 0.1) is 0 Å². The molecule has 6 rings (SSSR count). The molecule has 0 spiro atoms. The van der Waals surface area contributed by atoms with Crippen LogP contribution in [0.15, 0.2) is 97.1 Å². The van der Waals surface area contributed by atoms with Crippen LogP contribution in [0.3, 0.4) is 0 Å². The molecule has 0 unspecified atom stereocenters. The number of benzene rings is 6. The molecule has 0 atom stereocenters. The van der Waals surface area contributed by atoms with Crippen LogP contribution in [0, 0.1) is 11.8 Å². The van der Waals surface area contributed by atoms with Crippen LogP contribution in [-0.4, -0.2) is 0 Å². The summed E-state index contributed by atoms with van der Waals surface area (Å²) in [6.07, 6.45) is 0. The Balaban J connectivity index is 1.82. The second-order valence-corrected chi connectivity index (χ2v) is 7.22. The van der Waals surface area contributed by atoms with Crippen molar-refractivity contribution in [3.05, 3.63) is 108 Å². The van der Waals surface area contributed by atoms with Crippen molar-refractivity contribution in [1.29, 1.82) is 0 Å². The van der Waals surface area contributed by atoms with Gasteiger partial charge in [-0.05, 0) is 55.9 Å². The first-order chi connectivity index (χ1) is 13.9. The van der Waals surface area contributed by atoms with E-state index in [-0.39, 0.29) is 0 Å². The summed E-state index contributed by atoms with van der Waals surface area (Å²) in [4.78, 5) is 0. The van der Waals surface area contributed by atoms with E-state index in [1.807, 2.05) is 18.2 Å². The van der Waals surface area contributed by atoms with Crippen LogP contribution >= 0.6 is 0 Å². The highest BCUT2D eigenvalue weighted by atomic mass is 14.2. The van der Waals surface area contributed by atoms with E-state index in [9.17, 15) is 0 Å². The van der Waals surface area contributed by atoms with Crippen molar-refractivity contribution in [3.63, 3.8) is 0 Å². The van der Waals surface area contributed by atoms with Gasteiger partial charge in [-0.3, -0.25) is 0 Å². The fourth-order valence-corrected chi connectivity index (χ4v) is 4.42. The Morgan fingerprint density at radius 2 is 1.04 bits per heavy atom. The largest absolute Gasteiger partial charge is 0.0622 e. The smallest absolute Gasteiger partial charge is 0.0334 e. The SMILES string of the molecule is C(#Cc1ccc2cccc3c4cccc5cccc(c1c23)c54)c1ccccc1. The summed E-state index contributed by atoms with van der Waals surface area (Å²) >= 11 is 0. The molecule has 0 nitrogen and oxygen atoms in total. The van der Waals surface area contributed by atoms with E-state index < -0.39 is 0 Å². The molecule has 0 heteroatoms. The minimum atomic E-state index is 1.04. The molecule has 0 amide bonds. The van der Waals surface area contributed by atoms with Gasteiger partial charge >= 0.3 is 0 Å². The highest BCUT2D eigenvalue weighted by Crippen LogP contribution is 2.41. The lowest BCUT2D eigenvalue weighted by Gasteiger charge is -2.15. The maximum absolute atomic E-state index is 3.46. The minimum Gasteiger partial charge on any atom is -0.0622 e. The average Bonchev–Trinajstić information content (AvgIpc) is 2.76. The Hall–Kier alpha value is -3.82. The van der Waals surface area contributed by atoms with E-state index in [4.69, 9.17) is 0 Å². The average molecular weight is 352 g/mol. The molecule has 0 aliphatic rings. The number of rotatable bonds is 0. The van der Waals surface area contributed by atoms with Crippen LogP contribution in [0.5, 0.6) is 0 Å². The highest BCUT2D eigenvalue weighted by Gasteiger charge is 2.14. The summed E-state index contributed by atoms with van der Waals surface area (Å²) in [6.45, 7) is 0. The predicted octanol–water partition coefficient (Wildman–Crippen LogP) is 7.14. The van der Waals surface area contributed by atoms with Crippen molar-refractivity contribution in [3.8, 4) is 11.8 Å². The zero-order valence-corrected chi connectivity index (χ0v) is 15.2. The summed E-state index contributed by atoms with van der Waals surface area (Å²) in [7, 11) is 0. The first-order valence-electron chi connectivity index (χ1n) is 9.55. The quantitative estimate of drug-likeness (QED) is 0.155. The van der Waals surface area contributed by atoms with Gasteiger partial charge in [-0.25, -0.2) is 0 Å². The molecular weight excluding hydrogens is 336 g/mol. The number of hydrogen-bond acceptors (Lipinski definition) is 0. The van der Waals surface area contributed by atoms with Crippen LogP contribution < -0.4 is 0 Å². The molecule has 0 aliphatic carbocycles. The van der Waals surface area contributed by atoms with E-state index in [1.165, 1.54) is 43.1 Å². The monoisotopic (exact) mass is 352 g/mol. The maximum Gasteiger partial charge on any atom is 0.0334 e. The molecule has 6 aromatic rings. The second kappa shape index (κ2) is 5.84. The Kier molecular flexibility index (Phi) is 3.18. The van der Waals surface area contributed by atoms with Gasteiger partial charge in [-0.15, -0.1) is 0 Å². The van der Waals surface area contributed by atoms with Gasteiger partial charge in [0.1, 0.15) is 0 Å². The van der Waals surface area contributed by atoms with E-state index in [0.29, 0.717) is 0 Å². The second-order valence-electron chi connectivity index (χ2n) is 7.22. The standard InChI is InChI=1S/C28H16/c1-2-7-19(8-3-1)15-16-22-18-17-21-11-5-13-24-23-12-4-9-20-10-6-14-25(26(20)23)28(22)27(21)24/h1-14,17-18H. The van der Waals surface area contributed by atoms with Gasteiger partial charge in [0.2, 0.25) is 0 Å². The molecule has 0 aliphatic heterocycles. The van der Waals surface area contributed by atoms with E-state index >= 15 is 0 Å². The van der Waals surface area contributed by atoms with Crippen LogP contribution in [0.25, 0.3) is 43.1 Å². The third-order valence-electron chi connectivity index (χ3n) is 5.63. The highest BCUT2D eigenvalue weighted by molar-refractivity contribution is 6.33. The van der Waals surface area contributed by atoms with Crippen LogP contribution in [0.1, 0.15) is 11.1 Å². The minimum absolute atomic E-state index is 1.04. The third-order valence-corrected chi connectivity index (χ3v) is 5.63. The molecule has 28 heavy (non-hydrogen) atoms. The molecule has 128 valence electrons. The van der Waals surface area contributed by atoms with Gasteiger partial charge in [-0.1, -0.05) is 90.7 Å². The Morgan fingerprint density at radius 1 is 0.393 bits per heavy atom. The fraction of sp³-hybridized carbons (Fsp3) is 0. The topological polar surface area (TPSA) is 0 Å². The first kappa shape index (κ1) is 15.3. The van der Waals surface area contributed by atoms with Crippen molar-refractivity contribution in [2.45, 2.75) is 0 Å². The first-order valence-corrected chi connectivity index (χ1v) is 9.55. The normalized spacial score (nSPS) is 11.3. The summed E-state index contributed by atoms with van der Waals surface area (Å²) in [6, 6.07) is 34.4. The summed E-state index contributed by atoms with van der Waals surface area (Å²) in [5.74, 6) is 6.81. The van der Waals surface area contributed by atoms with Gasteiger partial charge in [0.15, 0.2) is 0 Å². The molecule has 0 fully saturated rings. The van der Waals surface area contributed by atoms with E-state index in [0.717, 1.165) is 11.1 Å². The van der Waals surface area contributed by atoms with Crippen LogP contribution in [0.2, 0.25) is 0 Å². The number of hydrogen-bond donors (Lipinski definition) is 0. The summed E-state index contributed by atoms with van der Waals surface area (Å²) in [5, 5.41) is 10.4. The Bertz CT molecular complexity index is 1540. The molecule has 6 aromatic carbocycles. The van der Waals surface area contributed by atoms with Gasteiger partial charge in [-0.2, -0.15) is 0 Å². The lowest BCUT2D eigenvalue weighted by atomic mass is 9.88. The van der Waals surface area contributed by atoms with Gasteiger partial charge < -0.3 is 0 Å². The Labute approximate surface area is 163 Å². The lowest BCUT2D eigenvalue weighted by molar-refractivity contribution is 1.64. The molecule has 0 saturated carbocycles. The molecular formula is C28H16. The molecule has 0 saturated heterocycles. The molecule has 0 aromatic heterocycles. The number of fused-ring (bicyclic) bond motifs is 2. The zero-order chi connectivity index (χ0) is 18.5. The van der Waals surface area contributed by atoms with E-state index in [2.05, 4.69) is 90.7 Å².